The van der Waals surface area contributed by atoms with Crippen LogP contribution in [0.2, 0.25) is 0 Å². The van der Waals surface area contributed by atoms with Gasteiger partial charge in [0.1, 0.15) is 18.0 Å². The molecule has 0 spiro atoms. The highest BCUT2D eigenvalue weighted by Crippen LogP contribution is 2.20. The number of anilines is 2. The molecular formula is C23H22FN3O4. The van der Waals surface area contributed by atoms with E-state index in [0.29, 0.717) is 22.6 Å². The molecule has 3 aromatic rings. The number of hydrogen-bond donors (Lipinski definition) is 2. The van der Waals surface area contributed by atoms with Crippen molar-refractivity contribution in [2.45, 2.75) is 13.8 Å². The fourth-order valence-corrected chi connectivity index (χ4v) is 3.10. The molecule has 1 aromatic heterocycles. The van der Waals surface area contributed by atoms with Crippen LogP contribution in [0, 0.1) is 19.7 Å². The standard InChI is InChI=1S/C23H22FN3O4/c1-14-10-11-27(18-7-4-16(24)5-8-18)23(30)21(14)22(29)25-17-6-9-19(15(2)12-17)26-20(28)13-31-3/h4-12H,13H2,1-3H3,(H,25,29)(H,26,28). The van der Waals surface area contributed by atoms with Crippen molar-refractivity contribution in [1.82, 2.24) is 4.57 Å². The number of methoxy groups -OCH3 is 1. The number of nitrogens with one attached hydrogen (secondary N) is 2. The van der Waals surface area contributed by atoms with E-state index in [1.165, 1.54) is 35.9 Å². The number of ether oxygens (including phenoxy) is 1. The number of nitrogens with zero attached hydrogens (tertiary/aromatic N) is 1. The maximum Gasteiger partial charge on any atom is 0.268 e. The number of carbonyl (C=O) groups is 2. The average molecular weight is 423 g/mol. The Morgan fingerprint density at radius 3 is 2.35 bits per heavy atom. The Kier molecular flexibility index (Phi) is 6.61. The molecule has 1 heterocycles. The second kappa shape index (κ2) is 9.36. The fourth-order valence-electron chi connectivity index (χ4n) is 3.10. The van der Waals surface area contributed by atoms with E-state index < -0.39 is 17.3 Å². The van der Waals surface area contributed by atoms with E-state index in [1.54, 1.807) is 44.3 Å². The molecule has 2 aromatic carbocycles. The average Bonchev–Trinajstić information content (AvgIpc) is 2.71. The predicted octanol–water partition coefficient (Wildman–Crippen LogP) is 3.43. The summed E-state index contributed by atoms with van der Waals surface area (Å²) in [4.78, 5) is 37.5. The minimum atomic E-state index is -0.561. The van der Waals surface area contributed by atoms with Gasteiger partial charge in [0, 0.05) is 30.4 Å². The number of aromatic nitrogens is 1. The quantitative estimate of drug-likeness (QED) is 0.636. The van der Waals surface area contributed by atoms with Crippen LogP contribution in [-0.2, 0) is 9.53 Å². The Balaban J connectivity index is 1.86. The van der Waals surface area contributed by atoms with E-state index in [9.17, 15) is 18.8 Å². The van der Waals surface area contributed by atoms with Crippen molar-refractivity contribution < 1.29 is 18.7 Å². The zero-order valence-corrected chi connectivity index (χ0v) is 17.4. The first-order chi connectivity index (χ1) is 14.8. The van der Waals surface area contributed by atoms with Crippen molar-refractivity contribution in [2.75, 3.05) is 24.4 Å². The summed E-state index contributed by atoms with van der Waals surface area (Å²) < 4.78 is 19.3. The van der Waals surface area contributed by atoms with Gasteiger partial charge in [-0.05, 0) is 73.5 Å². The molecule has 160 valence electrons. The van der Waals surface area contributed by atoms with E-state index in [0.717, 1.165) is 5.56 Å². The lowest BCUT2D eigenvalue weighted by molar-refractivity contribution is -0.119. The Hall–Kier alpha value is -3.78. The van der Waals surface area contributed by atoms with Crippen LogP contribution in [-0.4, -0.2) is 30.1 Å². The SMILES string of the molecule is COCC(=O)Nc1ccc(NC(=O)c2c(C)ccn(-c3ccc(F)cc3)c2=O)cc1C. The molecule has 0 aliphatic carbocycles. The molecule has 0 saturated carbocycles. The van der Waals surface area contributed by atoms with Gasteiger partial charge in [-0.1, -0.05) is 0 Å². The Morgan fingerprint density at radius 1 is 1.00 bits per heavy atom. The molecule has 0 saturated heterocycles. The molecule has 2 N–H and O–H groups in total. The second-order valence-electron chi connectivity index (χ2n) is 6.99. The van der Waals surface area contributed by atoms with Crippen LogP contribution >= 0.6 is 0 Å². The molecular weight excluding hydrogens is 401 g/mol. The van der Waals surface area contributed by atoms with E-state index >= 15 is 0 Å². The number of halogens is 1. The summed E-state index contributed by atoms with van der Waals surface area (Å²) in [6, 6.07) is 12.1. The van der Waals surface area contributed by atoms with Gasteiger partial charge in [0.2, 0.25) is 5.91 Å². The largest absolute Gasteiger partial charge is 0.375 e. The second-order valence-corrected chi connectivity index (χ2v) is 6.99. The highest BCUT2D eigenvalue weighted by atomic mass is 19.1. The van der Waals surface area contributed by atoms with Crippen molar-refractivity contribution in [1.29, 1.82) is 0 Å². The summed E-state index contributed by atoms with van der Waals surface area (Å²) in [6.07, 6.45) is 1.54. The Bertz CT molecular complexity index is 1190. The van der Waals surface area contributed by atoms with Gasteiger partial charge < -0.3 is 15.4 Å². The van der Waals surface area contributed by atoms with Gasteiger partial charge in [0.05, 0.1) is 0 Å². The Morgan fingerprint density at radius 2 is 1.71 bits per heavy atom. The third kappa shape index (κ3) is 5.04. The molecule has 8 heteroatoms. The van der Waals surface area contributed by atoms with Crippen molar-refractivity contribution in [3.05, 3.63) is 87.6 Å². The third-order valence-corrected chi connectivity index (χ3v) is 4.67. The third-order valence-electron chi connectivity index (χ3n) is 4.67. The molecule has 0 fully saturated rings. The topological polar surface area (TPSA) is 89.4 Å². The van der Waals surface area contributed by atoms with Gasteiger partial charge in [-0.15, -0.1) is 0 Å². The zero-order chi connectivity index (χ0) is 22.5. The van der Waals surface area contributed by atoms with Crippen LogP contribution < -0.4 is 16.2 Å². The van der Waals surface area contributed by atoms with Gasteiger partial charge in [-0.25, -0.2) is 4.39 Å². The van der Waals surface area contributed by atoms with Crippen LogP contribution in [0.1, 0.15) is 21.5 Å². The van der Waals surface area contributed by atoms with Crippen LogP contribution in [0.4, 0.5) is 15.8 Å². The lowest BCUT2D eigenvalue weighted by Crippen LogP contribution is -2.29. The van der Waals surface area contributed by atoms with E-state index in [4.69, 9.17) is 4.74 Å². The normalized spacial score (nSPS) is 10.6. The number of amides is 2. The smallest absolute Gasteiger partial charge is 0.268 e. The predicted molar refractivity (Wildman–Crippen MR) is 116 cm³/mol. The Labute approximate surface area is 178 Å². The first-order valence-corrected chi connectivity index (χ1v) is 9.49. The highest BCUT2D eigenvalue weighted by molar-refractivity contribution is 6.05. The first-order valence-electron chi connectivity index (χ1n) is 9.49. The number of hydrogen-bond acceptors (Lipinski definition) is 4. The van der Waals surface area contributed by atoms with Gasteiger partial charge in [-0.3, -0.25) is 19.0 Å². The van der Waals surface area contributed by atoms with Crippen LogP contribution in [0.5, 0.6) is 0 Å². The van der Waals surface area contributed by atoms with Crippen LogP contribution in [0.3, 0.4) is 0 Å². The molecule has 0 unspecified atom stereocenters. The van der Waals surface area contributed by atoms with Crippen molar-refractivity contribution in [3.8, 4) is 5.69 Å². The summed E-state index contributed by atoms with van der Waals surface area (Å²) in [5, 5.41) is 5.44. The fraction of sp³-hybridized carbons (Fsp3) is 0.174. The molecule has 3 rings (SSSR count). The minimum absolute atomic E-state index is 0.0121. The van der Waals surface area contributed by atoms with Crippen LogP contribution in [0.15, 0.2) is 59.5 Å². The molecule has 31 heavy (non-hydrogen) atoms. The first kappa shape index (κ1) is 21.9. The molecule has 0 radical (unpaired) electrons. The lowest BCUT2D eigenvalue weighted by Gasteiger charge is -2.13. The van der Waals surface area contributed by atoms with E-state index in [2.05, 4.69) is 10.6 Å². The summed E-state index contributed by atoms with van der Waals surface area (Å²) in [5.41, 5.74) is 2.24. The summed E-state index contributed by atoms with van der Waals surface area (Å²) in [5.74, 6) is -1.27. The monoisotopic (exact) mass is 423 g/mol. The van der Waals surface area contributed by atoms with Crippen molar-refractivity contribution >= 4 is 23.2 Å². The van der Waals surface area contributed by atoms with E-state index in [1.807, 2.05) is 0 Å². The summed E-state index contributed by atoms with van der Waals surface area (Å²) in [6.45, 7) is 3.39. The van der Waals surface area contributed by atoms with Crippen molar-refractivity contribution in [2.24, 2.45) is 0 Å². The van der Waals surface area contributed by atoms with Gasteiger partial charge in [0.25, 0.3) is 11.5 Å². The molecule has 0 atom stereocenters. The van der Waals surface area contributed by atoms with Gasteiger partial charge in [-0.2, -0.15) is 0 Å². The minimum Gasteiger partial charge on any atom is -0.375 e. The number of benzene rings is 2. The summed E-state index contributed by atoms with van der Waals surface area (Å²) >= 11 is 0. The number of pyridine rings is 1. The van der Waals surface area contributed by atoms with Gasteiger partial charge in [0.15, 0.2) is 0 Å². The molecule has 0 bridgehead atoms. The van der Waals surface area contributed by atoms with Crippen LogP contribution in [0.25, 0.3) is 5.69 Å². The lowest BCUT2D eigenvalue weighted by atomic mass is 10.1. The zero-order valence-electron chi connectivity index (χ0n) is 17.4. The summed E-state index contributed by atoms with van der Waals surface area (Å²) in [7, 11) is 1.43. The molecule has 7 nitrogen and oxygen atoms in total. The highest BCUT2D eigenvalue weighted by Gasteiger charge is 2.17. The number of carbonyl (C=O) groups excluding carboxylic acids is 2. The van der Waals surface area contributed by atoms with Gasteiger partial charge >= 0.3 is 0 Å². The van der Waals surface area contributed by atoms with Crippen molar-refractivity contribution in [3.63, 3.8) is 0 Å². The molecule has 0 aliphatic heterocycles. The molecule has 0 aliphatic rings. The molecule has 2 amide bonds. The van der Waals surface area contributed by atoms with E-state index in [-0.39, 0.29) is 18.1 Å². The maximum atomic E-state index is 13.2. The number of aryl methyl sites for hydroxylation is 2. The maximum absolute atomic E-state index is 13.2. The number of rotatable bonds is 6.